The number of amides is 1. The minimum atomic E-state index is -3.70. The highest BCUT2D eigenvalue weighted by atomic mass is 35.5. The topological polar surface area (TPSA) is 84.9 Å². The van der Waals surface area contributed by atoms with E-state index in [1.54, 1.807) is 24.3 Å². The smallest absolute Gasteiger partial charge is 0.245 e. The van der Waals surface area contributed by atoms with Gasteiger partial charge in [-0.1, -0.05) is 17.7 Å². The van der Waals surface area contributed by atoms with Gasteiger partial charge in [0.15, 0.2) is 0 Å². The molecule has 0 fully saturated rings. The second-order valence-corrected chi connectivity index (χ2v) is 9.16. The molecule has 9 heteroatoms. The minimum Gasteiger partial charge on any atom is -0.492 e. The van der Waals surface area contributed by atoms with Gasteiger partial charge >= 0.3 is 0 Å². The molecule has 1 unspecified atom stereocenters. The predicted molar refractivity (Wildman–Crippen MR) is 114 cm³/mol. The molecule has 1 aliphatic heterocycles. The number of halogens is 1. The van der Waals surface area contributed by atoms with Crippen LogP contribution < -0.4 is 19.1 Å². The van der Waals surface area contributed by atoms with Crippen LogP contribution in [0, 0.1) is 0 Å². The number of sulfonamides is 1. The maximum Gasteiger partial charge on any atom is 0.245 e. The quantitative estimate of drug-likeness (QED) is 0.715. The molecule has 7 nitrogen and oxygen atoms in total. The van der Waals surface area contributed by atoms with Crippen molar-refractivity contribution in [3.05, 3.63) is 47.0 Å². The fraction of sp³-hybridized carbons (Fsp3) is 0.350. The van der Waals surface area contributed by atoms with Crippen LogP contribution in [0.2, 0.25) is 5.02 Å². The van der Waals surface area contributed by atoms with Gasteiger partial charge in [-0.15, -0.1) is 0 Å². The van der Waals surface area contributed by atoms with Gasteiger partial charge in [0.25, 0.3) is 0 Å². The molecule has 1 aliphatic rings. The number of benzene rings is 2. The van der Waals surface area contributed by atoms with Crippen LogP contribution in [0.15, 0.2) is 36.4 Å². The molecule has 2 aromatic carbocycles. The lowest BCUT2D eigenvalue weighted by Gasteiger charge is -2.22. The van der Waals surface area contributed by atoms with Crippen LogP contribution in [-0.2, 0) is 21.2 Å². The average molecular weight is 439 g/mol. The maximum atomic E-state index is 12.7. The largest absolute Gasteiger partial charge is 0.492 e. The Balaban J connectivity index is 1.84. The first-order valence-corrected chi connectivity index (χ1v) is 11.4. The lowest BCUT2D eigenvalue weighted by atomic mass is 10.1. The Kier molecular flexibility index (Phi) is 6.24. The zero-order valence-electron chi connectivity index (χ0n) is 16.4. The molecule has 0 saturated carbocycles. The third-order valence-corrected chi connectivity index (χ3v) is 5.73. The van der Waals surface area contributed by atoms with Gasteiger partial charge in [-0.3, -0.25) is 9.10 Å². The number of nitrogens with one attached hydrogen (secondary N) is 1. The van der Waals surface area contributed by atoms with E-state index in [1.165, 1.54) is 6.07 Å². The van der Waals surface area contributed by atoms with Crippen molar-refractivity contribution in [1.29, 1.82) is 0 Å². The number of anilines is 2. The standard InChI is InChI=1S/C20H23ClN2O5S/c1-4-27-19-9-14-8-13(2)28-18(14)11-17(19)22-20(24)12-23(29(3,25)26)16-7-5-6-15(21)10-16/h5-7,9-11,13H,4,8,12H2,1-3H3,(H,22,24). The Morgan fingerprint density at radius 2 is 2.10 bits per heavy atom. The summed E-state index contributed by atoms with van der Waals surface area (Å²) in [6.07, 6.45) is 1.85. The molecular formula is C20H23ClN2O5S. The second kappa shape index (κ2) is 8.51. The Hall–Kier alpha value is -2.45. The van der Waals surface area contributed by atoms with Crippen molar-refractivity contribution in [2.75, 3.05) is 29.0 Å². The SMILES string of the molecule is CCOc1cc2c(cc1NC(=O)CN(c1cccc(Cl)c1)S(C)(=O)=O)OC(C)C2. The van der Waals surface area contributed by atoms with E-state index in [1.807, 2.05) is 19.9 Å². The summed E-state index contributed by atoms with van der Waals surface area (Å²) in [4.78, 5) is 12.7. The number of hydrogen-bond donors (Lipinski definition) is 1. The molecule has 2 aromatic rings. The number of carbonyl (C=O) groups is 1. The molecule has 3 rings (SSSR count). The van der Waals surface area contributed by atoms with Crippen LogP contribution in [0.3, 0.4) is 0 Å². The Bertz CT molecular complexity index is 1030. The third kappa shape index (κ3) is 5.13. The van der Waals surface area contributed by atoms with Crippen LogP contribution in [-0.4, -0.2) is 39.8 Å². The third-order valence-electron chi connectivity index (χ3n) is 4.36. The Morgan fingerprint density at radius 3 is 2.76 bits per heavy atom. The van der Waals surface area contributed by atoms with E-state index in [9.17, 15) is 13.2 Å². The van der Waals surface area contributed by atoms with Crippen molar-refractivity contribution in [3.63, 3.8) is 0 Å². The zero-order valence-corrected chi connectivity index (χ0v) is 18.0. The van der Waals surface area contributed by atoms with Crippen molar-refractivity contribution in [1.82, 2.24) is 0 Å². The predicted octanol–water partition coefficient (Wildman–Crippen LogP) is 3.47. The molecule has 0 saturated heterocycles. The molecule has 0 aliphatic carbocycles. The summed E-state index contributed by atoms with van der Waals surface area (Å²) in [6, 6.07) is 9.89. The second-order valence-electron chi connectivity index (χ2n) is 6.82. The van der Waals surface area contributed by atoms with Gasteiger partial charge in [0.05, 0.1) is 24.2 Å². The van der Waals surface area contributed by atoms with Crippen molar-refractivity contribution in [2.24, 2.45) is 0 Å². The summed E-state index contributed by atoms with van der Waals surface area (Å²) in [6.45, 7) is 3.84. The van der Waals surface area contributed by atoms with E-state index in [-0.39, 0.29) is 6.10 Å². The van der Waals surface area contributed by atoms with E-state index < -0.39 is 22.5 Å². The monoisotopic (exact) mass is 438 g/mol. The van der Waals surface area contributed by atoms with Crippen LogP contribution in [0.5, 0.6) is 11.5 Å². The maximum absolute atomic E-state index is 12.7. The van der Waals surface area contributed by atoms with Crippen LogP contribution in [0.1, 0.15) is 19.4 Å². The summed E-state index contributed by atoms with van der Waals surface area (Å²) in [5.41, 5.74) is 1.76. The molecule has 0 bridgehead atoms. The molecule has 29 heavy (non-hydrogen) atoms. The molecule has 1 amide bonds. The first-order valence-electron chi connectivity index (χ1n) is 9.17. The molecule has 1 atom stereocenters. The molecule has 0 radical (unpaired) electrons. The lowest BCUT2D eigenvalue weighted by Crippen LogP contribution is -2.37. The molecule has 156 valence electrons. The first kappa shape index (κ1) is 21.3. The van der Waals surface area contributed by atoms with Gasteiger partial charge in [-0.05, 0) is 38.1 Å². The van der Waals surface area contributed by atoms with E-state index >= 15 is 0 Å². The van der Waals surface area contributed by atoms with Gasteiger partial charge < -0.3 is 14.8 Å². The average Bonchev–Trinajstić information content (AvgIpc) is 2.98. The van der Waals surface area contributed by atoms with Gasteiger partial charge in [0.2, 0.25) is 15.9 Å². The summed E-state index contributed by atoms with van der Waals surface area (Å²) in [5.74, 6) is 0.694. The van der Waals surface area contributed by atoms with Gasteiger partial charge in [0.1, 0.15) is 24.1 Å². The highest BCUT2D eigenvalue weighted by molar-refractivity contribution is 7.92. The summed E-state index contributed by atoms with van der Waals surface area (Å²) >= 11 is 5.97. The summed E-state index contributed by atoms with van der Waals surface area (Å²) in [7, 11) is -3.70. The highest BCUT2D eigenvalue weighted by Gasteiger charge is 2.25. The van der Waals surface area contributed by atoms with E-state index in [2.05, 4.69) is 5.32 Å². The number of fused-ring (bicyclic) bond motifs is 1. The van der Waals surface area contributed by atoms with Crippen molar-refractivity contribution >= 4 is 38.9 Å². The van der Waals surface area contributed by atoms with Gasteiger partial charge in [0, 0.05) is 23.1 Å². The molecular weight excluding hydrogens is 416 g/mol. The molecule has 0 spiro atoms. The van der Waals surface area contributed by atoms with Gasteiger partial charge in [-0.2, -0.15) is 0 Å². The first-order chi connectivity index (χ1) is 13.7. The number of ether oxygens (including phenoxy) is 2. The number of carbonyl (C=O) groups excluding carboxylic acids is 1. The van der Waals surface area contributed by atoms with Crippen LogP contribution in [0.25, 0.3) is 0 Å². The Morgan fingerprint density at radius 1 is 1.34 bits per heavy atom. The Labute approximate surface area is 175 Å². The van der Waals surface area contributed by atoms with Crippen LogP contribution >= 0.6 is 11.6 Å². The minimum absolute atomic E-state index is 0.0500. The van der Waals surface area contributed by atoms with Crippen molar-refractivity contribution in [3.8, 4) is 11.5 Å². The molecule has 0 aromatic heterocycles. The highest BCUT2D eigenvalue weighted by Crippen LogP contribution is 2.38. The lowest BCUT2D eigenvalue weighted by molar-refractivity contribution is -0.114. The summed E-state index contributed by atoms with van der Waals surface area (Å²) in [5, 5.41) is 3.12. The van der Waals surface area contributed by atoms with Crippen molar-refractivity contribution < 1.29 is 22.7 Å². The number of rotatable bonds is 7. The van der Waals surface area contributed by atoms with E-state index in [0.29, 0.717) is 34.5 Å². The fourth-order valence-corrected chi connectivity index (χ4v) is 4.20. The zero-order chi connectivity index (χ0) is 21.2. The normalized spacial score (nSPS) is 15.4. The molecule has 1 N–H and O–H groups in total. The van der Waals surface area contributed by atoms with Crippen molar-refractivity contribution in [2.45, 2.75) is 26.4 Å². The van der Waals surface area contributed by atoms with Gasteiger partial charge in [-0.25, -0.2) is 8.42 Å². The van der Waals surface area contributed by atoms with E-state index in [4.69, 9.17) is 21.1 Å². The number of nitrogens with zero attached hydrogens (tertiary/aromatic N) is 1. The number of hydrogen-bond acceptors (Lipinski definition) is 5. The molecule has 1 heterocycles. The fourth-order valence-electron chi connectivity index (χ4n) is 3.16. The van der Waals surface area contributed by atoms with E-state index in [0.717, 1.165) is 22.5 Å². The summed E-state index contributed by atoms with van der Waals surface area (Å²) < 4.78 is 36.9. The van der Waals surface area contributed by atoms with Crippen LogP contribution in [0.4, 0.5) is 11.4 Å².